The number of hydrogen-bond donors (Lipinski definition) is 0. The zero-order chi connectivity index (χ0) is 18.9. The van der Waals surface area contributed by atoms with E-state index in [-0.39, 0.29) is 0 Å². The van der Waals surface area contributed by atoms with E-state index in [4.69, 9.17) is 0 Å². The maximum atomic E-state index is 2.39. The molecule has 0 heterocycles. The lowest BCUT2D eigenvalue weighted by atomic mass is 9.88. The molecule has 0 N–H and O–H groups in total. The number of rotatable bonds is 0. The number of benzene rings is 5. The minimum atomic E-state index is 1.31. The molecule has 0 saturated carbocycles. The Morgan fingerprint density at radius 1 is 0.370 bits per heavy atom. The molecule has 0 aliphatic carbocycles. The standard InChI is InChI=1S/C27H24/c1-15-6-7-20-13-26-24-11-18(4)16(2)9-22(24)23-10-17(3)19(5)12-25(23)27(26)14-21(20)8-15/h6-14H,1-5H3. The van der Waals surface area contributed by atoms with Crippen molar-refractivity contribution >= 4 is 43.1 Å². The quantitative estimate of drug-likeness (QED) is 0.197. The van der Waals surface area contributed by atoms with Crippen LogP contribution in [0.5, 0.6) is 0 Å². The molecule has 0 amide bonds. The van der Waals surface area contributed by atoms with E-state index in [1.165, 1.54) is 70.9 Å². The maximum absolute atomic E-state index is 2.39. The number of fused-ring (bicyclic) bond motifs is 7. The number of hydrogen-bond acceptors (Lipinski definition) is 0. The van der Waals surface area contributed by atoms with Gasteiger partial charge < -0.3 is 0 Å². The van der Waals surface area contributed by atoms with Gasteiger partial charge in [0.25, 0.3) is 0 Å². The first-order chi connectivity index (χ1) is 12.9. The van der Waals surface area contributed by atoms with Gasteiger partial charge in [0, 0.05) is 0 Å². The van der Waals surface area contributed by atoms with E-state index >= 15 is 0 Å². The van der Waals surface area contributed by atoms with E-state index in [9.17, 15) is 0 Å². The summed E-state index contributed by atoms with van der Waals surface area (Å²) >= 11 is 0. The first kappa shape index (κ1) is 16.3. The van der Waals surface area contributed by atoms with Crippen LogP contribution in [0.4, 0.5) is 0 Å². The second-order valence-corrected chi connectivity index (χ2v) is 8.21. The Hall–Kier alpha value is -2.86. The molecule has 0 aliphatic rings. The topological polar surface area (TPSA) is 0 Å². The van der Waals surface area contributed by atoms with Gasteiger partial charge in [-0.3, -0.25) is 0 Å². The molecule has 132 valence electrons. The third-order valence-corrected chi connectivity index (χ3v) is 6.27. The number of aryl methyl sites for hydroxylation is 5. The second-order valence-electron chi connectivity index (χ2n) is 8.21. The Balaban J connectivity index is 2.13. The highest BCUT2D eigenvalue weighted by atomic mass is 14.2. The summed E-state index contributed by atoms with van der Waals surface area (Å²) in [5, 5.41) is 10.8. The Bertz CT molecular complexity index is 1400. The average molecular weight is 348 g/mol. The van der Waals surface area contributed by atoms with Crippen molar-refractivity contribution < 1.29 is 0 Å². The molecule has 0 aliphatic heterocycles. The van der Waals surface area contributed by atoms with Gasteiger partial charge in [0.2, 0.25) is 0 Å². The van der Waals surface area contributed by atoms with Crippen LogP contribution in [0.25, 0.3) is 43.1 Å². The summed E-state index contributed by atoms with van der Waals surface area (Å²) in [5.74, 6) is 0. The van der Waals surface area contributed by atoms with E-state index < -0.39 is 0 Å². The third-order valence-electron chi connectivity index (χ3n) is 6.27. The molecule has 0 unspecified atom stereocenters. The van der Waals surface area contributed by atoms with Crippen molar-refractivity contribution in [2.24, 2.45) is 0 Å². The van der Waals surface area contributed by atoms with Gasteiger partial charge in [-0.05, 0) is 112 Å². The van der Waals surface area contributed by atoms with Crippen LogP contribution in [-0.2, 0) is 0 Å². The molecule has 0 fully saturated rings. The molecule has 0 saturated heterocycles. The largest absolute Gasteiger partial charge is 0.0587 e. The molecule has 0 radical (unpaired) electrons. The van der Waals surface area contributed by atoms with Gasteiger partial charge in [0.05, 0.1) is 0 Å². The molecular weight excluding hydrogens is 324 g/mol. The molecule has 0 heteroatoms. The molecule has 5 aromatic rings. The molecule has 0 aromatic heterocycles. The lowest BCUT2D eigenvalue weighted by Crippen LogP contribution is -1.90. The van der Waals surface area contributed by atoms with Gasteiger partial charge >= 0.3 is 0 Å². The van der Waals surface area contributed by atoms with Crippen LogP contribution in [0.3, 0.4) is 0 Å². The summed E-state index contributed by atoms with van der Waals surface area (Å²) in [6.07, 6.45) is 0. The van der Waals surface area contributed by atoms with Gasteiger partial charge in [0.1, 0.15) is 0 Å². The van der Waals surface area contributed by atoms with E-state index in [1.807, 2.05) is 0 Å². The van der Waals surface area contributed by atoms with Gasteiger partial charge in [-0.25, -0.2) is 0 Å². The molecule has 0 bridgehead atoms. The highest BCUT2D eigenvalue weighted by molar-refractivity contribution is 6.27. The molecule has 0 spiro atoms. The Kier molecular flexibility index (Phi) is 3.37. The van der Waals surface area contributed by atoms with Crippen molar-refractivity contribution in [2.75, 3.05) is 0 Å². The zero-order valence-corrected chi connectivity index (χ0v) is 16.7. The summed E-state index contributed by atoms with van der Waals surface area (Å²) < 4.78 is 0. The van der Waals surface area contributed by atoms with Gasteiger partial charge in [-0.1, -0.05) is 48.0 Å². The van der Waals surface area contributed by atoms with Gasteiger partial charge in [-0.2, -0.15) is 0 Å². The van der Waals surface area contributed by atoms with Crippen LogP contribution in [0.1, 0.15) is 27.8 Å². The average Bonchev–Trinajstić information content (AvgIpc) is 2.64. The highest BCUT2D eigenvalue weighted by Gasteiger charge is 2.12. The minimum absolute atomic E-state index is 1.31. The second kappa shape index (κ2) is 5.57. The molecule has 27 heavy (non-hydrogen) atoms. The van der Waals surface area contributed by atoms with Crippen molar-refractivity contribution in [1.82, 2.24) is 0 Å². The predicted molar refractivity (Wildman–Crippen MR) is 120 cm³/mol. The lowest BCUT2D eigenvalue weighted by Gasteiger charge is -2.15. The molecular formula is C27H24. The summed E-state index contributed by atoms with van der Waals surface area (Å²) in [5.41, 5.74) is 6.74. The zero-order valence-electron chi connectivity index (χ0n) is 16.7. The Labute approximate surface area is 160 Å². The molecule has 0 atom stereocenters. The summed E-state index contributed by atoms with van der Waals surface area (Å²) in [6, 6.07) is 21.0. The van der Waals surface area contributed by atoms with Crippen LogP contribution in [0.15, 0.2) is 54.6 Å². The summed E-state index contributed by atoms with van der Waals surface area (Å²) in [7, 11) is 0. The van der Waals surface area contributed by atoms with Crippen molar-refractivity contribution in [1.29, 1.82) is 0 Å². The van der Waals surface area contributed by atoms with E-state index in [0.29, 0.717) is 0 Å². The monoisotopic (exact) mass is 348 g/mol. The van der Waals surface area contributed by atoms with Crippen LogP contribution >= 0.6 is 0 Å². The lowest BCUT2D eigenvalue weighted by molar-refractivity contribution is 1.36. The fourth-order valence-corrected chi connectivity index (χ4v) is 4.39. The predicted octanol–water partition coefficient (Wildman–Crippen LogP) is 7.84. The SMILES string of the molecule is Cc1ccc2cc3c4cc(C)c(C)cc4c4cc(C)c(C)cc4c3cc2c1. The molecule has 5 rings (SSSR count). The van der Waals surface area contributed by atoms with Gasteiger partial charge in [0.15, 0.2) is 0 Å². The van der Waals surface area contributed by atoms with Crippen LogP contribution in [0.2, 0.25) is 0 Å². The van der Waals surface area contributed by atoms with Crippen LogP contribution in [-0.4, -0.2) is 0 Å². The van der Waals surface area contributed by atoms with E-state index in [0.717, 1.165) is 0 Å². The molecule has 0 nitrogen and oxygen atoms in total. The minimum Gasteiger partial charge on any atom is -0.0587 e. The normalized spacial score (nSPS) is 11.9. The fraction of sp³-hybridized carbons (Fsp3) is 0.185. The summed E-state index contributed by atoms with van der Waals surface area (Å²) in [4.78, 5) is 0. The van der Waals surface area contributed by atoms with Crippen molar-refractivity contribution in [3.8, 4) is 0 Å². The first-order valence-corrected chi connectivity index (χ1v) is 9.70. The van der Waals surface area contributed by atoms with Crippen molar-refractivity contribution in [2.45, 2.75) is 34.6 Å². The van der Waals surface area contributed by atoms with Crippen molar-refractivity contribution in [3.05, 3.63) is 82.4 Å². The Morgan fingerprint density at radius 3 is 1.19 bits per heavy atom. The first-order valence-electron chi connectivity index (χ1n) is 9.70. The van der Waals surface area contributed by atoms with Crippen LogP contribution in [0, 0.1) is 34.6 Å². The highest BCUT2D eigenvalue weighted by Crippen LogP contribution is 2.39. The fourth-order valence-electron chi connectivity index (χ4n) is 4.39. The smallest absolute Gasteiger partial charge is 0.00925 e. The van der Waals surface area contributed by atoms with E-state index in [1.54, 1.807) is 0 Å². The van der Waals surface area contributed by atoms with Crippen molar-refractivity contribution in [3.63, 3.8) is 0 Å². The van der Waals surface area contributed by atoms with Crippen LogP contribution < -0.4 is 0 Å². The van der Waals surface area contributed by atoms with Gasteiger partial charge in [-0.15, -0.1) is 0 Å². The third kappa shape index (κ3) is 2.36. The van der Waals surface area contributed by atoms with E-state index in [2.05, 4.69) is 89.2 Å². The summed E-state index contributed by atoms with van der Waals surface area (Å²) in [6.45, 7) is 11.0. The maximum Gasteiger partial charge on any atom is -0.00925 e. The molecule has 5 aromatic carbocycles. The Morgan fingerprint density at radius 2 is 0.741 bits per heavy atom.